The summed E-state index contributed by atoms with van der Waals surface area (Å²) in [4.78, 5) is 0. The summed E-state index contributed by atoms with van der Waals surface area (Å²) in [6, 6.07) is 0. The lowest BCUT2D eigenvalue weighted by Gasteiger charge is -1.85. The van der Waals surface area contributed by atoms with Crippen LogP contribution in [0.2, 0.25) is 0 Å². The summed E-state index contributed by atoms with van der Waals surface area (Å²) in [6.07, 6.45) is 4.61. The SMILES string of the molecule is CCC1=CC(=N)C(N)=C1. The molecule has 2 heteroatoms. The Balaban J connectivity index is 2.83. The van der Waals surface area contributed by atoms with Crippen LogP contribution in [0.3, 0.4) is 0 Å². The van der Waals surface area contributed by atoms with Crippen molar-refractivity contribution in [2.45, 2.75) is 13.3 Å². The molecule has 0 heterocycles. The lowest BCUT2D eigenvalue weighted by Crippen LogP contribution is -2.02. The fourth-order valence-electron chi connectivity index (χ4n) is 0.792. The molecule has 1 aliphatic rings. The quantitative estimate of drug-likeness (QED) is 0.539. The molecule has 1 rings (SSSR count). The molecule has 1 aliphatic carbocycles. The van der Waals surface area contributed by atoms with Crippen LogP contribution < -0.4 is 5.73 Å². The average Bonchev–Trinajstić information content (AvgIpc) is 2.13. The minimum atomic E-state index is 0.451. The minimum absolute atomic E-state index is 0.451. The third-order valence-electron chi connectivity index (χ3n) is 1.39. The van der Waals surface area contributed by atoms with Crippen molar-refractivity contribution >= 4 is 5.71 Å². The molecular formula is C7H10N2. The van der Waals surface area contributed by atoms with Crippen molar-refractivity contribution in [3.8, 4) is 0 Å². The number of rotatable bonds is 1. The second-order valence-electron chi connectivity index (χ2n) is 2.09. The smallest absolute Gasteiger partial charge is 0.0772 e. The number of nitrogens with two attached hydrogens (primary N) is 1. The first-order chi connectivity index (χ1) is 4.24. The Hall–Kier alpha value is -1.05. The van der Waals surface area contributed by atoms with Crippen molar-refractivity contribution in [1.82, 2.24) is 0 Å². The maximum Gasteiger partial charge on any atom is 0.0772 e. The van der Waals surface area contributed by atoms with Gasteiger partial charge in [-0.05, 0) is 24.1 Å². The van der Waals surface area contributed by atoms with Gasteiger partial charge in [0.15, 0.2) is 0 Å². The summed E-state index contributed by atoms with van der Waals surface area (Å²) >= 11 is 0. The van der Waals surface area contributed by atoms with Crippen molar-refractivity contribution in [3.63, 3.8) is 0 Å². The average molecular weight is 122 g/mol. The zero-order valence-electron chi connectivity index (χ0n) is 5.44. The summed E-state index contributed by atoms with van der Waals surface area (Å²) in [6.45, 7) is 2.05. The second-order valence-corrected chi connectivity index (χ2v) is 2.09. The molecule has 0 aromatic carbocycles. The summed E-state index contributed by atoms with van der Waals surface area (Å²) in [7, 11) is 0. The van der Waals surface area contributed by atoms with Gasteiger partial charge in [0, 0.05) is 0 Å². The van der Waals surface area contributed by atoms with E-state index in [1.54, 1.807) is 6.08 Å². The maximum absolute atomic E-state index is 7.22. The van der Waals surface area contributed by atoms with E-state index in [1.165, 1.54) is 0 Å². The minimum Gasteiger partial charge on any atom is -0.397 e. The highest BCUT2D eigenvalue weighted by molar-refractivity contribution is 6.09. The molecule has 0 unspecified atom stereocenters. The van der Waals surface area contributed by atoms with Crippen molar-refractivity contribution in [3.05, 3.63) is 23.4 Å². The van der Waals surface area contributed by atoms with Gasteiger partial charge in [0.1, 0.15) is 0 Å². The molecule has 2 nitrogen and oxygen atoms in total. The van der Waals surface area contributed by atoms with Crippen LogP contribution >= 0.6 is 0 Å². The first-order valence-electron chi connectivity index (χ1n) is 3.00. The Labute approximate surface area is 54.6 Å². The molecule has 48 valence electrons. The number of nitrogens with one attached hydrogen (secondary N) is 1. The second kappa shape index (κ2) is 2.05. The van der Waals surface area contributed by atoms with E-state index in [4.69, 9.17) is 11.1 Å². The third kappa shape index (κ3) is 1.02. The molecule has 0 spiro atoms. The number of hydrogen-bond donors (Lipinski definition) is 2. The molecular weight excluding hydrogens is 112 g/mol. The summed E-state index contributed by atoms with van der Waals surface area (Å²) < 4.78 is 0. The van der Waals surface area contributed by atoms with Crippen molar-refractivity contribution in [1.29, 1.82) is 5.41 Å². The van der Waals surface area contributed by atoms with Crippen molar-refractivity contribution in [2.24, 2.45) is 5.73 Å². The van der Waals surface area contributed by atoms with Gasteiger partial charge >= 0.3 is 0 Å². The van der Waals surface area contributed by atoms with E-state index < -0.39 is 0 Å². The molecule has 0 saturated carbocycles. The Morgan fingerprint density at radius 3 is 2.44 bits per heavy atom. The maximum atomic E-state index is 7.22. The topological polar surface area (TPSA) is 49.9 Å². The first-order valence-corrected chi connectivity index (χ1v) is 3.00. The summed E-state index contributed by atoms with van der Waals surface area (Å²) in [5, 5.41) is 7.22. The molecule has 0 radical (unpaired) electrons. The van der Waals surface area contributed by atoms with Gasteiger partial charge in [0.2, 0.25) is 0 Å². The first kappa shape index (κ1) is 6.08. The van der Waals surface area contributed by atoms with Crippen molar-refractivity contribution < 1.29 is 0 Å². The van der Waals surface area contributed by atoms with E-state index in [0.717, 1.165) is 12.0 Å². The predicted octanol–water partition coefficient (Wildman–Crippen LogP) is 1.20. The Morgan fingerprint density at radius 2 is 2.22 bits per heavy atom. The summed E-state index contributed by atoms with van der Waals surface area (Å²) in [5.74, 6) is 0. The molecule has 0 bridgehead atoms. The Morgan fingerprint density at radius 1 is 1.56 bits per heavy atom. The molecule has 0 amide bonds. The van der Waals surface area contributed by atoms with Crippen LogP contribution in [0.15, 0.2) is 23.4 Å². The molecule has 3 N–H and O–H groups in total. The van der Waals surface area contributed by atoms with E-state index in [9.17, 15) is 0 Å². The molecule has 0 aliphatic heterocycles. The van der Waals surface area contributed by atoms with Crippen LogP contribution in [0, 0.1) is 5.41 Å². The van der Waals surface area contributed by atoms with Crippen molar-refractivity contribution in [2.75, 3.05) is 0 Å². The number of hydrogen-bond acceptors (Lipinski definition) is 2. The largest absolute Gasteiger partial charge is 0.397 e. The Bertz CT molecular complexity index is 199. The monoisotopic (exact) mass is 122 g/mol. The van der Waals surface area contributed by atoms with Gasteiger partial charge in [-0.2, -0.15) is 0 Å². The standard InChI is InChI=1S/C7H10N2/c1-2-5-3-6(8)7(9)4-5/h3-4H,2H2,1H3,(H3,8,9). The van der Waals surface area contributed by atoms with Gasteiger partial charge in [0.25, 0.3) is 0 Å². The third-order valence-corrected chi connectivity index (χ3v) is 1.39. The van der Waals surface area contributed by atoms with Crippen LogP contribution in [-0.2, 0) is 0 Å². The van der Waals surface area contributed by atoms with Crippen LogP contribution in [-0.4, -0.2) is 5.71 Å². The van der Waals surface area contributed by atoms with Gasteiger partial charge in [-0.15, -0.1) is 0 Å². The molecule has 0 fully saturated rings. The molecule has 0 aromatic rings. The molecule has 0 atom stereocenters. The van der Waals surface area contributed by atoms with Gasteiger partial charge in [0.05, 0.1) is 11.4 Å². The highest BCUT2D eigenvalue weighted by Crippen LogP contribution is 2.12. The van der Waals surface area contributed by atoms with E-state index in [1.807, 2.05) is 13.0 Å². The van der Waals surface area contributed by atoms with E-state index in [2.05, 4.69) is 0 Å². The fourth-order valence-corrected chi connectivity index (χ4v) is 0.792. The van der Waals surface area contributed by atoms with Gasteiger partial charge in [-0.1, -0.05) is 6.92 Å². The van der Waals surface area contributed by atoms with E-state index in [-0.39, 0.29) is 0 Å². The van der Waals surface area contributed by atoms with E-state index in [0.29, 0.717) is 11.4 Å². The highest BCUT2D eigenvalue weighted by atomic mass is 14.6. The van der Waals surface area contributed by atoms with Crippen LogP contribution in [0.4, 0.5) is 0 Å². The zero-order chi connectivity index (χ0) is 6.85. The zero-order valence-corrected chi connectivity index (χ0v) is 5.44. The number of allylic oxidation sites excluding steroid dienone is 3. The van der Waals surface area contributed by atoms with Crippen LogP contribution in [0.25, 0.3) is 0 Å². The predicted molar refractivity (Wildman–Crippen MR) is 38.4 cm³/mol. The highest BCUT2D eigenvalue weighted by Gasteiger charge is 2.05. The normalized spacial score (nSPS) is 17.7. The molecule has 9 heavy (non-hydrogen) atoms. The summed E-state index contributed by atoms with van der Waals surface area (Å²) in [5.41, 5.74) is 7.62. The lowest BCUT2D eigenvalue weighted by molar-refractivity contribution is 1.16. The van der Waals surface area contributed by atoms with E-state index >= 15 is 0 Å². The Kier molecular flexibility index (Phi) is 1.39. The van der Waals surface area contributed by atoms with Gasteiger partial charge < -0.3 is 5.73 Å². The van der Waals surface area contributed by atoms with Gasteiger partial charge in [-0.3, -0.25) is 5.41 Å². The fraction of sp³-hybridized carbons (Fsp3) is 0.286. The van der Waals surface area contributed by atoms with Crippen LogP contribution in [0.1, 0.15) is 13.3 Å². The lowest BCUT2D eigenvalue weighted by atomic mass is 10.2. The molecule has 0 saturated heterocycles. The van der Waals surface area contributed by atoms with Gasteiger partial charge in [-0.25, -0.2) is 0 Å². The van der Waals surface area contributed by atoms with Crippen LogP contribution in [0.5, 0.6) is 0 Å². The molecule has 0 aromatic heterocycles.